The first-order valence-corrected chi connectivity index (χ1v) is 1.79. The van der Waals surface area contributed by atoms with Crippen LogP contribution in [-0.4, -0.2) is 90.8 Å². The van der Waals surface area contributed by atoms with E-state index in [0.29, 0.717) is 0 Å². The van der Waals surface area contributed by atoms with Crippen molar-refractivity contribution < 1.29 is 21.5 Å². The van der Waals surface area contributed by atoms with Crippen LogP contribution in [0, 0.1) is 0 Å². The van der Waals surface area contributed by atoms with Crippen LogP contribution < -0.4 is 18.8 Å². The Bertz CT molecular complexity index is 14.0. The molecule has 0 spiro atoms. The maximum absolute atomic E-state index is 8.39. The van der Waals surface area contributed by atoms with Gasteiger partial charge in [-0.25, -0.2) is 0 Å². The molecule has 0 aliphatic heterocycles. The number of halogens is 4. The summed E-state index contributed by atoms with van der Waals surface area (Å²) in [5.74, 6) is 0. The van der Waals surface area contributed by atoms with Crippen LogP contribution in [0.25, 0.3) is 0 Å². The summed E-state index contributed by atoms with van der Waals surface area (Å²) in [6.07, 6.45) is 0. The number of rotatable bonds is 0. The minimum atomic E-state index is 0. The molecule has 0 bridgehead atoms. The molecule has 0 aromatic heterocycles. The molecule has 0 heterocycles. The van der Waals surface area contributed by atoms with Crippen molar-refractivity contribution in [3.8, 4) is 0 Å². The predicted octanol–water partition coefficient (Wildman–Crippen LogP) is -13.2. The predicted molar refractivity (Wildman–Crippen MR) is 17.9 cm³/mol. The monoisotopic (exact) mass is 548 g/mol. The van der Waals surface area contributed by atoms with Crippen LogP contribution in [0.3, 0.4) is 0 Å². The maximum atomic E-state index is 8.39. The van der Waals surface area contributed by atoms with Crippen LogP contribution in [0.1, 0.15) is 0 Å². The quantitative estimate of drug-likeness (QED) is 0.218. The first kappa shape index (κ1) is 74.9. The molecule has 0 aromatic rings. The largest absolute Gasteiger partial charge is 2.00 e. The SMILES string of the molecule is [Ca+2].[F-].[F-].[F-].[F-].[O]=[Pb].[Pb+2]. The van der Waals surface area contributed by atoms with Gasteiger partial charge in [-0.2, -0.15) is 0 Å². The summed E-state index contributed by atoms with van der Waals surface area (Å²) >= 11 is 0.0556. The summed E-state index contributed by atoms with van der Waals surface area (Å²) in [7, 11) is 0. The van der Waals surface area contributed by atoms with Gasteiger partial charge in [0.15, 0.2) is 0 Å². The van der Waals surface area contributed by atoms with Crippen LogP contribution in [0.15, 0.2) is 0 Å². The van der Waals surface area contributed by atoms with Crippen molar-refractivity contribution in [2.45, 2.75) is 0 Å². The first-order chi connectivity index (χ1) is 1.00. The molecule has 0 aromatic carbocycles. The summed E-state index contributed by atoms with van der Waals surface area (Å²) in [4.78, 5) is 0. The van der Waals surface area contributed by atoms with Gasteiger partial charge in [0.05, 0.1) is 0 Å². The van der Waals surface area contributed by atoms with Gasteiger partial charge >= 0.3 is 93.5 Å². The van der Waals surface area contributed by atoms with Gasteiger partial charge in [-0.3, -0.25) is 0 Å². The molecule has 0 aliphatic rings. The smallest absolute Gasteiger partial charge is 2.00 e. The van der Waals surface area contributed by atoms with E-state index in [-0.39, 0.29) is 110 Å². The van der Waals surface area contributed by atoms with Crippen LogP contribution in [0.4, 0.5) is 0 Å². The Morgan fingerprint density at radius 2 is 0.750 bits per heavy atom. The molecule has 4 radical (unpaired) electrons. The molecule has 0 aliphatic carbocycles. The topological polar surface area (TPSA) is 17.1 Å². The Balaban J connectivity index is -0.000000000333. The average Bonchev–Trinajstić information content (AvgIpc) is 1.00. The molecule has 0 saturated heterocycles. The van der Waals surface area contributed by atoms with E-state index in [9.17, 15) is 0 Å². The number of hydrogen-bond acceptors (Lipinski definition) is 1. The summed E-state index contributed by atoms with van der Waals surface area (Å²) in [5.41, 5.74) is 0. The van der Waals surface area contributed by atoms with E-state index in [1.54, 1.807) is 0 Å². The maximum Gasteiger partial charge on any atom is 2.00 e. The van der Waals surface area contributed by atoms with Crippen molar-refractivity contribution >= 4 is 90.8 Å². The van der Waals surface area contributed by atoms with Gasteiger partial charge in [0.25, 0.3) is 0 Å². The van der Waals surface area contributed by atoms with Crippen LogP contribution >= 0.6 is 0 Å². The molecule has 1 nitrogen and oxygen atoms in total. The Kier molecular flexibility index (Phi) is 974. The van der Waals surface area contributed by atoms with E-state index in [0.717, 1.165) is 0 Å². The molecule has 0 amide bonds. The molecule has 0 atom stereocenters. The zero-order valence-electron chi connectivity index (χ0n) is 3.63. The number of hydrogen-bond donors (Lipinski definition) is 0. The van der Waals surface area contributed by atoms with Crippen molar-refractivity contribution in [3.05, 3.63) is 0 Å². The molecular formula is CaF4OPb2. The second-order valence-electron chi connectivity index (χ2n) is 0. The fourth-order valence-electron chi connectivity index (χ4n) is 0. The van der Waals surface area contributed by atoms with E-state index in [1.165, 1.54) is 0 Å². The third-order valence-electron chi connectivity index (χ3n) is 0. The Morgan fingerprint density at radius 1 is 0.750 bits per heavy atom. The van der Waals surface area contributed by atoms with Crippen molar-refractivity contribution in [1.29, 1.82) is 0 Å². The third-order valence-corrected chi connectivity index (χ3v) is 0. The van der Waals surface area contributed by atoms with Crippen molar-refractivity contribution in [3.63, 3.8) is 0 Å². The van der Waals surface area contributed by atoms with E-state index in [2.05, 4.69) is 0 Å². The summed E-state index contributed by atoms with van der Waals surface area (Å²) in [6, 6.07) is 0. The molecule has 0 rings (SSSR count). The Morgan fingerprint density at radius 3 is 0.750 bits per heavy atom. The zero-order chi connectivity index (χ0) is 2.00. The minimum Gasteiger partial charge on any atom is 2.00 e. The van der Waals surface area contributed by atoms with Gasteiger partial charge in [-0.1, -0.05) is 0 Å². The van der Waals surface area contributed by atoms with Gasteiger partial charge in [-0.15, -0.1) is 0 Å². The van der Waals surface area contributed by atoms with E-state index < -0.39 is 0 Å². The second kappa shape index (κ2) is 104. The van der Waals surface area contributed by atoms with Gasteiger partial charge in [0.1, 0.15) is 0 Å². The first-order valence-electron chi connectivity index (χ1n) is 0.204. The van der Waals surface area contributed by atoms with Gasteiger partial charge < -0.3 is 18.8 Å². The Labute approximate surface area is 110 Å². The van der Waals surface area contributed by atoms with Crippen LogP contribution in [0.2, 0.25) is 0 Å². The van der Waals surface area contributed by atoms with Crippen molar-refractivity contribution in [2.24, 2.45) is 0 Å². The molecule has 0 fully saturated rings. The molecule has 8 heteroatoms. The van der Waals surface area contributed by atoms with Crippen molar-refractivity contribution in [1.82, 2.24) is 0 Å². The fraction of sp³-hybridized carbons (Fsp3) is 0. The summed E-state index contributed by atoms with van der Waals surface area (Å²) in [5, 5.41) is 0. The Hall–Kier alpha value is 2.62. The van der Waals surface area contributed by atoms with Crippen LogP contribution in [0.5, 0.6) is 0 Å². The van der Waals surface area contributed by atoms with E-state index in [1.807, 2.05) is 0 Å². The van der Waals surface area contributed by atoms with Gasteiger partial charge in [-0.05, 0) is 0 Å². The molecule has 44 valence electrons. The van der Waals surface area contributed by atoms with E-state index >= 15 is 0 Å². The zero-order valence-corrected chi connectivity index (χ0v) is 13.6. The molecule has 0 unspecified atom stereocenters. The second-order valence-corrected chi connectivity index (χ2v) is 0. The fourth-order valence-corrected chi connectivity index (χ4v) is 0. The summed E-state index contributed by atoms with van der Waals surface area (Å²) < 4.78 is 8.39. The molecule has 8 heavy (non-hydrogen) atoms. The standard InChI is InChI=1S/Ca.4FH.O.2Pb/h;4*1H;;;/q+2;;;;;;;+2/p-4. The normalized spacial score (nSPS) is 0.500. The summed E-state index contributed by atoms with van der Waals surface area (Å²) in [6.45, 7) is 0. The van der Waals surface area contributed by atoms with Gasteiger partial charge in [0.2, 0.25) is 0 Å². The average molecular weight is 546 g/mol. The van der Waals surface area contributed by atoms with Crippen LogP contribution in [-0.2, 0) is 2.69 Å². The van der Waals surface area contributed by atoms with Gasteiger partial charge in [0, 0.05) is 0 Å². The van der Waals surface area contributed by atoms with Crippen molar-refractivity contribution in [2.75, 3.05) is 0 Å². The van der Waals surface area contributed by atoms with E-state index in [4.69, 9.17) is 2.69 Å². The molecular weight excluding hydrogens is 546 g/mol. The molecule has 0 saturated carbocycles. The minimum absolute atomic E-state index is 0. The third kappa shape index (κ3) is 72.8. The molecule has 0 N–H and O–H groups in total.